The summed E-state index contributed by atoms with van der Waals surface area (Å²) in [6.45, 7) is 7.87. The predicted octanol–water partition coefficient (Wildman–Crippen LogP) is 2.70. The summed E-state index contributed by atoms with van der Waals surface area (Å²) in [4.78, 5) is 25.3. The van der Waals surface area contributed by atoms with E-state index in [1.807, 2.05) is 20.8 Å². The van der Waals surface area contributed by atoms with Crippen LogP contribution >= 0.6 is 0 Å². The number of carbonyl (C=O) groups is 2. The highest BCUT2D eigenvalue weighted by atomic mass is 16.2. The van der Waals surface area contributed by atoms with Gasteiger partial charge in [-0.3, -0.25) is 4.79 Å². The number of benzene rings is 1. The fourth-order valence-electron chi connectivity index (χ4n) is 1.76. The highest BCUT2D eigenvalue weighted by molar-refractivity contribution is 5.95. The van der Waals surface area contributed by atoms with Gasteiger partial charge in [-0.05, 0) is 44.5 Å². The molecule has 0 unspecified atom stereocenters. The Morgan fingerprint density at radius 3 is 2.15 bits per heavy atom. The maximum absolute atomic E-state index is 11.9. The lowest BCUT2D eigenvalue weighted by Gasteiger charge is -2.19. The van der Waals surface area contributed by atoms with Gasteiger partial charge in [0.15, 0.2) is 0 Å². The van der Waals surface area contributed by atoms with E-state index >= 15 is 0 Å². The summed E-state index contributed by atoms with van der Waals surface area (Å²) in [7, 11) is 0. The Bertz CT molecular complexity index is 439. The molecule has 0 bridgehead atoms. The molecule has 0 aliphatic carbocycles. The lowest BCUT2D eigenvalue weighted by molar-refractivity contribution is 0.0953. The molecule has 0 aliphatic heterocycles. The van der Waals surface area contributed by atoms with Gasteiger partial charge >= 0.3 is 6.03 Å². The second-order valence-electron chi connectivity index (χ2n) is 4.44. The van der Waals surface area contributed by atoms with Gasteiger partial charge < -0.3 is 15.5 Å². The summed E-state index contributed by atoms with van der Waals surface area (Å²) in [6, 6.07) is 6.77. The SMILES string of the molecule is CCCNC(=O)c1ccc(NC(=O)N(CC)CC)cc1. The molecule has 3 amide bonds. The molecule has 5 nitrogen and oxygen atoms in total. The van der Waals surface area contributed by atoms with Crippen molar-refractivity contribution in [3.8, 4) is 0 Å². The molecule has 5 heteroatoms. The van der Waals surface area contributed by atoms with E-state index in [9.17, 15) is 9.59 Å². The first-order valence-corrected chi connectivity index (χ1v) is 7.06. The van der Waals surface area contributed by atoms with Gasteiger partial charge in [0.25, 0.3) is 5.91 Å². The number of rotatable bonds is 6. The topological polar surface area (TPSA) is 61.4 Å². The molecule has 110 valence electrons. The molecular formula is C15H23N3O2. The Kier molecular flexibility index (Phi) is 6.56. The number of anilines is 1. The van der Waals surface area contributed by atoms with Gasteiger partial charge in [-0.1, -0.05) is 6.92 Å². The summed E-state index contributed by atoms with van der Waals surface area (Å²) < 4.78 is 0. The maximum atomic E-state index is 11.9. The fraction of sp³-hybridized carbons (Fsp3) is 0.467. The van der Waals surface area contributed by atoms with Gasteiger partial charge in [0, 0.05) is 30.9 Å². The quantitative estimate of drug-likeness (QED) is 0.839. The standard InChI is InChI=1S/C15H23N3O2/c1-4-11-16-14(19)12-7-9-13(10-8-12)17-15(20)18(5-2)6-3/h7-10H,4-6,11H2,1-3H3,(H,16,19)(H,17,20). The summed E-state index contributed by atoms with van der Waals surface area (Å²) in [6.07, 6.45) is 0.906. The molecule has 0 saturated heterocycles. The molecule has 0 heterocycles. The van der Waals surface area contributed by atoms with Gasteiger partial charge in [0.2, 0.25) is 0 Å². The third-order valence-electron chi connectivity index (χ3n) is 2.98. The van der Waals surface area contributed by atoms with Gasteiger partial charge in [0.05, 0.1) is 0 Å². The van der Waals surface area contributed by atoms with Gasteiger partial charge in [-0.15, -0.1) is 0 Å². The van der Waals surface area contributed by atoms with Crippen molar-refractivity contribution < 1.29 is 9.59 Å². The number of hydrogen-bond donors (Lipinski definition) is 2. The lowest BCUT2D eigenvalue weighted by Crippen LogP contribution is -2.34. The van der Waals surface area contributed by atoms with Crippen LogP contribution < -0.4 is 10.6 Å². The van der Waals surface area contributed by atoms with Crippen molar-refractivity contribution in [2.75, 3.05) is 25.0 Å². The highest BCUT2D eigenvalue weighted by Gasteiger charge is 2.10. The smallest absolute Gasteiger partial charge is 0.321 e. The van der Waals surface area contributed by atoms with Crippen LogP contribution in [0.1, 0.15) is 37.6 Å². The van der Waals surface area contributed by atoms with Crippen LogP contribution in [0.4, 0.5) is 10.5 Å². The largest absolute Gasteiger partial charge is 0.352 e. The average molecular weight is 277 g/mol. The second-order valence-corrected chi connectivity index (χ2v) is 4.44. The minimum atomic E-state index is -0.127. The molecule has 20 heavy (non-hydrogen) atoms. The number of hydrogen-bond acceptors (Lipinski definition) is 2. The molecule has 0 fully saturated rings. The molecule has 0 spiro atoms. The van der Waals surface area contributed by atoms with Crippen LogP contribution in [-0.4, -0.2) is 36.5 Å². The van der Waals surface area contributed by atoms with E-state index in [-0.39, 0.29) is 11.9 Å². The third-order valence-corrected chi connectivity index (χ3v) is 2.98. The molecule has 2 N–H and O–H groups in total. The molecule has 0 atom stereocenters. The average Bonchev–Trinajstić information content (AvgIpc) is 2.46. The molecule has 0 aliphatic rings. The Hall–Kier alpha value is -2.04. The zero-order valence-electron chi connectivity index (χ0n) is 12.4. The van der Waals surface area contributed by atoms with Gasteiger partial charge in [-0.25, -0.2) is 4.79 Å². The zero-order valence-corrected chi connectivity index (χ0v) is 12.4. The van der Waals surface area contributed by atoms with Crippen LogP contribution in [0, 0.1) is 0 Å². The van der Waals surface area contributed by atoms with Crippen molar-refractivity contribution in [1.29, 1.82) is 0 Å². The number of nitrogens with one attached hydrogen (secondary N) is 2. The van der Waals surface area contributed by atoms with Crippen molar-refractivity contribution >= 4 is 17.6 Å². The first-order valence-electron chi connectivity index (χ1n) is 7.06. The monoisotopic (exact) mass is 277 g/mol. The third kappa shape index (κ3) is 4.57. The number of urea groups is 1. The molecule has 1 rings (SSSR count). The van der Waals surface area contributed by atoms with Crippen LogP contribution in [0.25, 0.3) is 0 Å². The first-order chi connectivity index (χ1) is 9.62. The van der Waals surface area contributed by atoms with Crippen LogP contribution in [0.15, 0.2) is 24.3 Å². The number of nitrogens with zero attached hydrogens (tertiary/aromatic N) is 1. The van der Waals surface area contributed by atoms with E-state index in [4.69, 9.17) is 0 Å². The van der Waals surface area contributed by atoms with E-state index in [0.717, 1.165) is 6.42 Å². The molecule has 1 aromatic rings. The van der Waals surface area contributed by atoms with Crippen molar-refractivity contribution in [3.63, 3.8) is 0 Å². The normalized spacial score (nSPS) is 9.95. The second kappa shape index (κ2) is 8.19. The van der Waals surface area contributed by atoms with Crippen LogP contribution in [-0.2, 0) is 0 Å². The predicted molar refractivity (Wildman–Crippen MR) is 81.0 cm³/mol. The molecule has 1 aromatic carbocycles. The molecule has 0 radical (unpaired) electrons. The lowest BCUT2D eigenvalue weighted by atomic mass is 10.2. The molecule has 0 aromatic heterocycles. The van der Waals surface area contributed by atoms with Crippen molar-refractivity contribution in [1.82, 2.24) is 10.2 Å². The van der Waals surface area contributed by atoms with E-state index < -0.39 is 0 Å². The number of amides is 3. The van der Waals surface area contributed by atoms with E-state index in [1.165, 1.54) is 0 Å². The summed E-state index contributed by atoms with van der Waals surface area (Å²) in [5.74, 6) is -0.0894. The fourth-order valence-corrected chi connectivity index (χ4v) is 1.76. The number of carbonyl (C=O) groups excluding carboxylic acids is 2. The minimum absolute atomic E-state index is 0.0894. The first kappa shape index (κ1) is 16.0. The summed E-state index contributed by atoms with van der Waals surface area (Å²) in [5.41, 5.74) is 1.29. The Morgan fingerprint density at radius 2 is 1.65 bits per heavy atom. The van der Waals surface area contributed by atoms with Crippen LogP contribution in [0.5, 0.6) is 0 Å². The van der Waals surface area contributed by atoms with E-state index in [0.29, 0.717) is 30.9 Å². The van der Waals surface area contributed by atoms with E-state index in [2.05, 4.69) is 10.6 Å². The Labute approximate surface area is 120 Å². The van der Waals surface area contributed by atoms with Crippen molar-refractivity contribution in [2.24, 2.45) is 0 Å². The maximum Gasteiger partial charge on any atom is 0.321 e. The molecule has 0 saturated carbocycles. The minimum Gasteiger partial charge on any atom is -0.352 e. The Balaban J connectivity index is 2.62. The van der Waals surface area contributed by atoms with Crippen molar-refractivity contribution in [3.05, 3.63) is 29.8 Å². The summed E-state index contributed by atoms with van der Waals surface area (Å²) >= 11 is 0. The highest BCUT2D eigenvalue weighted by Crippen LogP contribution is 2.10. The van der Waals surface area contributed by atoms with Gasteiger partial charge in [0.1, 0.15) is 0 Å². The Morgan fingerprint density at radius 1 is 1.05 bits per heavy atom. The zero-order chi connectivity index (χ0) is 15.0. The van der Waals surface area contributed by atoms with Gasteiger partial charge in [-0.2, -0.15) is 0 Å². The van der Waals surface area contributed by atoms with Crippen LogP contribution in [0.2, 0.25) is 0 Å². The van der Waals surface area contributed by atoms with Crippen LogP contribution in [0.3, 0.4) is 0 Å². The van der Waals surface area contributed by atoms with E-state index in [1.54, 1.807) is 29.2 Å². The van der Waals surface area contributed by atoms with Crippen molar-refractivity contribution in [2.45, 2.75) is 27.2 Å². The molecular weight excluding hydrogens is 254 g/mol. The summed E-state index contributed by atoms with van der Waals surface area (Å²) in [5, 5.41) is 5.62.